The van der Waals surface area contributed by atoms with E-state index in [2.05, 4.69) is 10.6 Å². The standard InChI is InChI=1S/C10H19ClN2O3/c1-8(2)16-6-4-3-5-12-10(15)13-9(14)7-11/h8H,3-7H2,1-2H3,(H2,12,13,14,15). The number of nitrogens with one attached hydrogen (secondary N) is 2. The van der Waals surface area contributed by atoms with Crippen LogP contribution in [0, 0.1) is 0 Å². The van der Waals surface area contributed by atoms with Gasteiger partial charge in [0.2, 0.25) is 5.91 Å². The molecule has 0 saturated carbocycles. The van der Waals surface area contributed by atoms with Crippen molar-refractivity contribution in [3.8, 4) is 0 Å². The molecule has 0 rings (SSSR count). The number of urea groups is 1. The number of hydrogen-bond donors (Lipinski definition) is 2. The predicted octanol–water partition coefficient (Wildman–Crippen LogP) is 1.26. The van der Waals surface area contributed by atoms with E-state index in [0.717, 1.165) is 12.8 Å². The normalized spacial score (nSPS) is 10.2. The monoisotopic (exact) mass is 250 g/mol. The van der Waals surface area contributed by atoms with Crippen LogP contribution in [-0.4, -0.2) is 37.1 Å². The van der Waals surface area contributed by atoms with Gasteiger partial charge in [0, 0.05) is 13.2 Å². The minimum atomic E-state index is -0.504. The SMILES string of the molecule is CC(C)OCCCCNC(=O)NC(=O)CCl. The molecule has 0 unspecified atom stereocenters. The van der Waals surface area contributed by atoms with Crippen LogP contribution in [-0.2, 0) is 9.53 Å². The van der Waals surface area contributed by atoms with Crippen LogP contribution in [0.4, 0.5) is 4.79 Å². The highest BCUT2D eigenvalue weighted by Crippen LogP contribution is 1.93. The summed E-state index contributed by atoms with van der Waals surface area (Å²) in [6.07, 6.45) is 1.93. The van der Waals surface area contributed by atoms with E-state index >= 15 is 0 Å². The first kappa shape index (κ1) is 15.2. The van der Waals surface area contributed by atoms with Crippen molar-refractivity contribution < 1.29 is 14.3 Å². The zero-order valence-electron chi connectivity index (χ0n) is 9.72. The molecular formula is C10H19ClN2O3. The summed E-state index contributed by atoms with van der Waals surface area (Å²) in [6, 6.07) is -0.504. The molecule has 0 bridgehead atoms. The first-order chi connectivity index (χ1) is 7.56. The fraction of sp³-hybridized carbons (Fsp3) is 0.800. The van der Waals surface area contributed by atoms with Gasteiger partial charge in [-0.3, -0.25) is 10.1 Å². The molecule has 2 N–H and O–H groups in total. The third-order valence-corrected chi connectivity index (χ3v) is 1.92. The van der Waals surface area contributed by atoms with Crippen LogP contribution in [0.1, 0.15) is 26.7 Å². The molecule has 0 heterocycles. The number of rotatable bonds is 7. The van der Waals surface area contributed by atoms with Crippen LogP contribution in [0.15, 0.2) is 0 Å². The molecule has 5 nitrogen and oxygen atoms in total. The van der Waals surface area contributed by atoms with Crippen LogP contribution < -0.4 is 10.6 Å². The van der Waals surface area contributed by atoms with Crippen LogP contribution in [0.3, 0.4) is 0 Å². The van der Waals surface area contributed by atoms with Gasteiger partial charge in [-0.25, -0.2) is 4.79 Å². The Hall–Kier alpha value is -0.810. The number of alkyl halides is 1. The van der Waals surface area contributed by atoms with E-state index in [1.165, 1.54) is 0 Å². The minimum Gasteiger partial charge on any atom is -0.379 e. The van der Waals surface area contributed by atoms with E-state index in [1.807, 2.05) is 13.8 Å². The average Bonchev–Trinajstić information content (AvgIpc) is 2.22. The zero-order chi connectivity index (χ0) is 12.4. The van der Waals surface area contributed by atoms with Crippen molar-refractivity contribution in [2.75, 3.05) is 19.0 Å². The Morgan fingerprint density at radius 3 is 2.56 bits per heavy atom. The van der Waals surface area contributed by atoms with Crippen molar-refractivity contribution in [3.05, 3.63) is 0 Å². The molecule has 0 aromatic carbocycles. The molecule has 16 heavy (non-hydrogen) atoms. The fourth-order valence-electron chi connectivity index (χ4n) is 0.952. The van der Waals surface area contributed by atoms with Crippen LogP contribution in [0.2, 0.25) is 0 Å². The van der Waals surface area contributed by atoms with Crippen molar-refractivity contribution in [1.82, 2.24) is 10.6 Å². The van der Waals surface area contributed by atoms with E-state index in [9.17, 15) is 9.59 Å². The summed E-state index contributed by atoms with van der Waals surface area (Å²) in [6.45, 7) is 5.15. The number of amides is 3. The zero-order valence-corrected chi connectivity index (χ0v) is 10.5. The molecule has 0 atom stereocenters. The first-order valence-corrected chi connectivity index (χ1v) is 5.85. The molecule has 0 fully saturated rings. The Labute approximate surface area is 101 Å². The number of hydrogen-bond acceptors (Lipinski definition) is 3. The summed E-state index contributed by atoms with van der Waals surface area (Å²) in [7, 11) is 0. The van der Waals surface area contributed by atoms with Crippen molar-refractivity contribution in [3.63, 3.8) is 0 Å². The van der Waals surface area contributed by atoms with Gasteiger partial charge in [-0.15, -0.1) is 11.6 Å². The van der Waals surface area contributed by atoms with Gasteiger partial charge < -0.3 is 10.1 Å². The maximum absolute atomic E-state index is 11.0. The molecule has 0 aliphatic heterocycles. The Morgan fingerprint density at radius 2 is 2.00 bits per heavy atom. The summed E-state index contributed by atoms with van der Waals surface area (Å²) in [5, 5.41) is 4.64. The molecule has 0 aliphatic rings. The van der Waals surface area contributed by atoms with Crippen molar-refractivity contribution in [1.29, 1.82) is 0 Å². The summed E-state index contributed by atoms with van der Waals surface area (Å²) in [5.41, 5.74) is 0. The third-order valence-electron chi connectivity index (χ3n) is 1.68. The highest BCUT2D eigenvalue weighted by molar-refractivity contribution is 6.28. The second-order valence-electron chi connectivity index (χ2n) is 3.56. The largest absolute Gasteiger partial charge is 0.379 e. The lowest BCUT2D eigenvalue weighted by molar-refractivity contribution is -0.117. The van der Waals surface area contributed by atoms with E-state index in [4.69, 9.17) is 16.3 Å². The van der Waals surface area contributed by atoms with Crippen molar-refractivity contribution >= 4 is 23.5 Å². The number of imide groups is 1. The van der Waals surface area contributed by atoms with Gasteiger partial charge in [0.1, 0.15) is 5.88 Å². The predicted molar refractivity (Wildman–Crippen MR) is 62.6 cm³/mol. The summed E-state index contributed by atoms with van der Waals surface area (Å²) in [4.78, 5) is 21.7. The number of carbonyl (C=O) groups is 2. The van der Waals surface area contributed by atoms with Gasteiger partial charge in [0.05, 0.1) is 6.10 Å². The second-order valence-corrected chi connectivity index (χ2v) is 3.83. The van der Waals surface area contributed by atoms with Gasteiger partial charge in [-0.2, -0.15) is 0 Å². The van der Waals surface area contributed by atoms with Crippen LogP contribution in [0.25, 0.3) is 0 Å². The maximum atomic E-state index is 11.0. The molecule has 3 amide bonds. The van der Waals surface area contributed by atoms with Gasteiger partial charge in [-0.1, -0.05) is 0 Å². The average molecular weight is 251 g/mol. The number of halogens is 1. The lowest BCUT2D eigenvalue weighted by atomic mass is 10.3. The van der Waals surface area contributed by atoms with E-state index in [1.54, 1.807) is 0 Å². The number of unbranched alkanes of at least 4 members (excludes halogenated alkanes) is 1. The molecule has 0 saturated heterocycles. The molecule has 0 aliphatic carbocycles. The molecule has 0 radical (unpaired) electrons. The van der Waals surface area contributed by atoms with Gasteiger partial charge in [0.15, 0.2) is 0 Å². The molecule has 0 aromatic heterocycles. The molecule has 0 spiro atoms. The smallest absolute Gasteiger partial charge is 0.321 e. The number of carbonyl (C=O) groups excluding carboxylic acids is 2. The Bertz CT molecular complexity index is 222. The Balaban J connectivity index is 3.31. The quantitative estimate of drug-likeness (QED) is 0.528. The highest BCUT2D eigenvalue weighted by atomic mass is 35.5. The van der Waals surface area contributed by atoms with Gasteiger partial charge in [-0.05, 0) is 26.7 Å². The fourth-order valence-corrected chi connectivity index (χ4v) is 1.02. The summed E-state index contributed by atoms with van der Waals surface area (Å²) >= 11 is 5.22. The molecular weight excluding hydrogens is 232 g/mol. The maximum Gasteiger partial charge on any atom is 0.321 e. The third kappa shape index (κ3) is 9.73. The van der Waals surface area contributed by atoms with Gasteiger partial charge in [0.25, 0.3) is 0 Å². The summed E-state index contributed by atoms with van der Waals surface area (Å²) in [5.74, 6) is -0.711. The van der Waals surface area contributed by atoms with Crippen LogP contribution in [0.5, 0.6) is 0 Å². The topological polar surface area (TPSA) is 67.4 Å². The lowest BCUT2D eigenvalue weighted by Crippen LogP contribution is -2.40. The van der Waals surface area contributed by atoms with Crippen LogP contribution >= 0.6 is 11.6 Å². The van der Waals surface area contributed by atoms with E-state index in [0.29, 0.717) is 13.2 Å². The van der Waals surface area contributed by atoms with Crippen molar-refractivity contribution in [2.24, 2.45) is 0 Å². The highest BCUT2D eigenvalue weighted by Gasteiger charge is 2.04. The van der Waals surface area contributed by atoms with E-state index < -0.39 is 11.9 Å². The summed E-state index contributed by atoms with van der Waals surface area (Å²) < 4.78 is 5.33. The van der Waals surface area contributed by atoms with Crippen molar-refractivity contribution in [2.45, 2.75) is 32.8 Å². The molecule has 6 heteroatoms. The molecule has 0 aromatic rings. The molecule has 94 valence electrons. The first-order valence-electron chi connectivity index (χ1n) is 5.31. The lowest BCUT2D eigenvalue weighted by Gasteiger charge is -2.08. The van der Waals surface area contributed by atoms with E-state index in [-0.39, 0.29) is 12.0 Å². The number of ether oxygens (including phenoxy) is 1. The Kier molecular flexibility index (Phi) is 8.94. The Morgan fingerprint density at radius 1 is 1.31 bits per heavy atom. The second kappa shape index (κ2) is 9.42. The minimum absolute atomic E-state index is 0.213. The van der Waals surface area contributed by atoms with Gasteiger partial charge >= 0.3 is 6.03 Å².